The molecule has 1 aromatic heterocycles. The Morgan fingerprint density at radius 1 is 1.50 bits per heavy atom. The quantitative estimate of drug-likeness (QED) is 0.555. The summed E-state index contributed by atoms with van der Waals surface area (Å²) in [5.74, 6) is 0.946. The zero-order valence-corrected chi connectivity index (χ0v) is 13.0. The molecule has 0 saturated heterocycles. The molecule has 110 valence electrons. The van der Waals surface area contributed by atoms with Crippen molar-refractivity contribution in [1.82, 2.24) is 25.5 Å². The van der Waals surface area contributed by atoms with Gasteiger partial charge >= 0.3 is 0 Å². The van der Waals surface area contributed by atoms with Crippen LogP contribution in [0.4, 0.5) is 0 Å². The van der Waals surface area contributed by atoms with Gasteiger partial charge in [-0.1, -0.05) is 25.6 Å². The van der Waals surface area contributed by atoms with Gasteiger partial charge < -0.3 is 0 Å². The van der Waals surface area contributed by atoms with Crippen molar-refractivity contribution in [2.24, 2.45) is 0 Å². The van der Waals surface area contributed by atoms with E-state index in [1.165, 1.54) is 12.8 Å². The van der Waals surface area contributed by atoms with Crippen molar-refractivity contribution in [1.29, 1.82) is 5.26 Å². The van der Waals surface area contributed by atoms with Crippen molar-refractivity contribution < 1.29 is 0 Å². The summed E-state index contributed by atoms with van der Waals surface area (Å²) in [5, 5.41) is 25.4. The van der Waals surface area contributed by atoms with Crippen molar-refractivity contribution in [3.8, 4) is 6.07 Å². The Kier molecular flexibility index (Phi) is 5.38. The van der Waals surface area contributed by atoms with E-state index in [-0.39, 0.29) is 5.54 Å². The van der Waals surface area contributed by atoms with Crippen LogP contribution in [0.2, 0.25) is 0 Å². The number of hydrogen-bond acceptors (Lipinski definition) is 6. The molecule has 20 heavy (non-hydrogen) atoms. The van der Waals surface area contributed by atoms with E-state index < -0.39 is 0 Å². The molecule has 0 aliphatic heterocycles. The van der Waals surface area contributed by atoms with Crippen molar-refractivity contribution in [2.75, 3.05) is 12.3 Å². The molecule has 1 aliphatic rings. The largest absolute Gasteiger partial charge is 0.300 e. The van der Waals surface area contributed by atoms with E-state index in [0.29, 0.717) is 6.04 Å². The second kappa shape index (κ2) is 7.04. The van der Waals surface area contributed by atoms with Crippen molar-refractivity contribution in [3.63, 3.8) is 0 Å². The maximum atomic E-state index is 9.36. The SMILES string of the molecule is CCNC(C#N)(CC)CCCSc1nnnn1C1CC1. The third-order valence-corrected chi connectivity index (χ3v) is 4.69. The van der Waals surface area contributed by atoms with Gasteiger partial charge in [0.25, 0.3) is 0 Å². The number of nitrogens with zero attached hydrogens (tertiary/aromatic N) is 5. The van der Waals surface area contributed by atoms with Gasteiger partial charge in [-0.3, -0.25) is 5.32 Å². The first-order valence-electron chi connectivity index (χ1n) is 7.31. The number of rotatable bonds is 9. The van der Waals surface area contributed by atoms with Crippen LogP contribution in [0.25, 0.3) is 0 Å². The second-order valence-electron chi connectivity index (χ2n) is 5.17. The Labute approximate surface area is 124 Å². The highest BCUT2D eigenvalue weighted by molar-refractivity contribution is 7.99. The van der Waals surface area contributed by atoms with Gasteiger partial charge in [0.05, 0.1) is 12.1 Å². The highest BCUT2D eigenvalue weighted by Crippen LogP contribution is 2.36. The molecule has 1 fully saturated rings. The Morgan fingerprint density at radius 3 is 2.90 bits per heavy atom. The Bertz CT molecular complexity index is 464. The fourth-order valence-electron chi connectivity index (χ4n) is 2.27. The van der Waals surface area contributed by atoms with Crippen LogP contribution in [0.15, 0.2) is 5.16 Å². The van der Waals surface area contributed by atoms with Gasteiger partial charge in [0.1, 0.15) is 5.54 Å². The van der Waals surface area contributed by atoms with Crippen LogP contribution in [0.5, 0.6) is 0 Å². The molecule has 0 bridgehead atoms. The van der Waals surface area contributed by atoms with Crippen LogP contribution in [0.1, 0.15) is 52.0 Å². The summed E-state index contributed by atoms with van der Waals surface area (Å²) < 4.78 is 1.94. The Morgan fingerprint density at radius 2 is 2.30 bits per heavy atom. The van der Waals surface area contributed by atoms with E-state index in [1.807, 2.05) is 11.6 Å². The number of hydrogen-bond donors (Lipinski definition) is 1. The lowest BCUT2D eigenvalue weighted by Crippen LogP contribution is -2.43. The molecule has 1 heterocycles. The molecule has 1 unspecified atom stereocenters. The van der Waals surface area contributed by atoms with Gasteiger partial charge in [0.15, 0.2) is 0 Å². The second-order valence-corrected chi connectivity index (χ2v) is 6.23. The Hall–Kier alpha value is -1.13. The molecule has 1 aliphatic carbocycles. The number of nitriles is 1. The minimum absolute atomic E-state index is 0.377. The summed E-state index contributed by atoms with van der Waals surface area (Å²) >= 11 is 1.69. The lowest BCUT2D eigenvalue weighted by atomic mass is 9.92. The molecule has 0 aromatic carbocycles. The molecule has 1 saturated carbocycles. The van der Waals surface area contributed by atoms with Crippen LogP contribution in [-0.4, -0.2) is 38.0 Å². The third-order valence-electron chi connectivity index (χ3n) is 3.67. The standard InChI is InChI=1S/C13H22N6S/c1-3-13(10-14,15-4-2)8-5-9-20-12-16-17-18-19(12)11-6-7-11/h11,15H,3-9H2,1-2H3. The third kappa shape index (κ3) is 3.70. The first-order chi connectivity index (χ1) is 9.74. The zero-order valence-electron chi connectivity index (χ0n) is 12.2. The van der Waals surface area contributed by atoms with Crippen LogP contribution in [0.3, 0.4) is 0 Å². The van der Waals surface area contributed by atoms with Gasteiger partial charge in [-0.15, -0.1) is 5.10 Å². The van der Waals surface area contributed by atoms with E-state index >= 15 is 0 Å². The summed E-state index contributed by atoms with van der Waals surface area (Å²) in [6.45, 7) is 4.93. The molecular weight excluding hydrogens is 272 g/mol. The number of aromatic nitrogens is 4. The van der Waals surface area contributed by atoms with Crippen LogP contribution in [0, 0.1) is 11.3 Å². The molecule has 6 nitrogen and oxygen atoms in total. The minimum Gasteiger partial charge on any atom is -0.300 e. The van der Waals surface area contributed by atoms with E-state index in [9.17, 15) is 5.26 Å². The summed E-state index contributed by atoms with van der Waals surface area (Å²) in [6, 6.07) is 2.95. The van der Waals surface area contributed by atoms with Gasteiger partial charge in [-0.25, -0.2) is 4.68 Å². The monoisotopic (exact) mass is 294 g/mol. The number of nitrogens with one attached hydrogen (secondary N) is 1. The molecule has 0 radical (unpaired) electrons. The maximum absolute atomic E-state index is 9.36. The zero-order chi connectivity index (χ0) is 14.4. The van der Waals surface area contributed by atoms with Crippen LogP contribution in [-0.2, 0) is 0 Å². The maximum Gasteiger partial charge on any atom is 0.209 e. The van der Waals surface area contributed by atoms with Crippen molar-refractivity contribution in [3.05, 3.63) is 0 Å². The lowest BCUT2D eigenvalue weighted by molar-refractivity contribution is 0.379. The average Bonchev–Trinajstić information content (AvgIpc) is 3.21. The van der Waals surface area contributed by atoms with Crippen LogP contribution >= 0.6 is 11.8 Å². The van der Waals surface area contributed by atoms with Gasteiger partial charge in [-0.2, -0.15) is 5.26 Å². The number of tetrazole rings is 1. The Balaban J connectivity index is 1.78. The van der Waals surface area contributed by atoms with Crippen molar-refractivity contribution in [2.45, 2.75) is 62.7 Å². The molecule has 2 rings (SSSR count). The molecule has 0 spiro atoms. The lowest BCUT2D eigenvalue weighted by Gasteiger charge is -2.25. The highest BCUT2D eigenvalue weighted by atomic mass is 32.2. The molecular formula is C13H22N6S. The number of thioether (sulfide) groups is 1. The van der Waals surface area contributed by atoms with Gasteiger partial charge in [0.2, 0.25) is 5.16 Å². The fraction of sp³-hybridized carbons (Fsp3) is 0.846. The van der Waals surface area contributed by atoms with E-state index in [2.05, 4.69) is 33.8 Å². The fourth-order valence-corrected chi connectivity index (χ4v) is 3.15. The van der Waals surface area contributed by atoms with Crippen molar-refractivity contribution >= 4 is 11.8 Å². The molecule has 1 atom stereocenters. The van der Waals surface area contributed by atoms with E-state index in [4.69, 9.17) is 0 Å². The molecule has 0 amide bonds. The molecule has 1 aromatic rings. The van der Waals surface area contributed by atoms with Crippen LogP contribution < -0.4 is 5.32 Å². The first kappa shape index (κ1) is 15.3. The van der Waals surface area contributed by atoms with E-state index in [0.717, 1.165) is 36.7 Å². The first-order valence-corrected chi connectivity index (χ1v) is 8.30. The predicted octanol–water partition coefficient (Wildman–Crippen LogP) is 2.16. The summed E-state index contributed by atoms with van der Waals surface area (Å²) in [5.41, 5.74) is -0.377. The normalized spacial score (nSPS) is 17.6. The summed E-state index contributed by atoms with van der Waals surface area (Å²) in [6.07, 6.45) is 5.06. The van der Waals surface area contributed by atoms with Gasteiger partial charge in [0, 0.05) is 5.75 Å². The smallest absolute Gasteiger partial charge is 0.209 e. The summed E-state index contributed by atoms with van der Waals surface area (Å²) in [7, 11) is 0. The van der Waals surface area contributed by atoms with Gasteiger partial charge in [-0.05, 0) is 49.1 Å². The minimum atomic E-state index is -0.377. The molecule has 1 N–H and O–H groups in total. The highest BCUT2D eigenvalue weighted by Gasteiger charge is 2.28. The topological polar surface area (TPSA) is 79.4 Å². The van der Waals surface area contributed by atoms with E-state index in [1.54, 1.807) is 11.8 Å². The molecule has 7 heteroatoms. The average molecular weight is 294 g/mol. The summed E-state index contributed by atoms with van der Waals surface area (Å²) in [4.78, 5) is 0. The predicted molar refractivity (Wildman–Crippen MR) is 78.4 cm³/mol.